The van der Waals surface area contributed by atoms with Crippen LogP contribution >= 0.6 is 0 Å². The van der Waals surface area contributed by atoms with E-state index in [9.17, 15) is 12.8 Å². The van der Waals surface area contributed by atoms with Gasteiger partial charge in [0.1, 0.15) is 5.82 Å². The van der Waals surface area contributed by atoms with Crippen molar-refractivity contribution in [2.24, 2.45) is 0 Å². The Hall–Kier alpha value is -2.77. The molecule has 156 valence electrons. The van der Waals surface area contributed by atoms with Crippen molar-refractivity contribution in [3.63, 3.8) is 0 Å². The summed E-state index contributed by atoms with van der Waals surface area (Å²) in [6, 6.07) is 16.4. The summed E-state index contributed by atoms with van der Waals surface area (Å²) in [5.74, 6) is -0.0775. The Kier molecular flexibility index (Phi) is 5.83. The monoisotopic (exact) mass is 426 g/mol. The molecular formula is C23H23FN2O3S. The normalized spacial score (nSPS) is 16.7. The van der Waals surface area contributed by atoms with E-state index in [2.05, 4.69) is 17.2 Å². The molecule has 1 N–H and O–H groups in total. The Labute approximate surface area is 175 Å². The van der Waals surface area contributed by atoms with Gasteiger partial charge in [0.05, 0.1) is 22.5 Å². The molecule has 0 bridgehead atoms. The maximum atomic E-state index is 13.4. The van der Waals surface area contributed by atoms with Crippen LogP contribution in [-0.2, 0) is 23.0 Å². The fraction of sp³-hybridized carbons (Fsp3) is 0.261. The highest BCUT2D eigenvalue weighted by Crippen LogP contribution is 2.38. The lowest BCUT2D eigenvalue weighted by Gasteiger charge is -2.24. The highest BCUT2D eigenvalue weighted by Gasteiger charge is 2.28. The van der Waals surface area contributed by atoms with E-state index in [1.165, 1.54) is 23.8 Å². The summed E-state index contributed by atoms with van der Waals surface area (Å²) in [7, 11) is -4.25. The predicted octanol–water partition coefficient (Wildman–Crippen LogP) is 4.92. The molecule has 0 amide bonds. The van der Waals surface area contributed by atoms with Crippen molar-refractivity contribution in [2.45, 2.75) is 38.0 Å². The Morgan fingerprint density at radius 2 is 1.87 bits per heavy atom. The van der Waals surface area contributed by atoms with Gasteiger partial charge in [0, 0.05) is 11.5 Å². The van der Waals surface area contributed by atoms with Crippen molar-refractivity contribution < 1.29 is 17.4 Å². The van der Waals surface area contributed by atoms with Crippen molar-refractivity contribution in [3.8, 4) is 5.69 Å². The average molecular weight is 427 g/mol. The summed E-state index contributed by atoms with van der Waals surface area (Å²) in [5, 5.41) is 5.39. The number of halogens is 1. The molecule has 7 heteroatoms. The molecule has 1 aliphatic rings. The van der Waals surface area contributed by atoms with Crippen molar-refractivity contribution in [1.82, 2.24) is 9.78 Å². The van der Waals surface area contributed by atoms with Gasteiger partial charge < -0.3 is 0 Å². The molecule has 4 rings (SSSR count). The first-order chi connectivity index (χ1) is 14.4. The van der Waals surface area contributed by atoms with Gasteiger partial charge in [-0.15, -0.1) is 0 Å². The van der Waals surface area contributed by atoms with Crippen LogP contribution in [0.5, 0.6) is 0 Å². The van der Waals surface area contributed by atoms with Gasteiger partial charge >= 0.3 is 0 Å². The summed E-state index contributed by atoms with van der Waals surface area (Å²) in [6.45, 7) is 0. The first-order valence-electron chi connectivity index (χ1n) is 9.98. The summed E-state index contributed by atoms with van der Waals surface area (Å²) in [5.41, 5.74) is 4.55. The molecular weight excluding hydrogens is 403 g/mol. The van der Waals surface area contributed by atoms with Crippen LogP contribution in [-0.4, -0.2) is 22.8 Å². The van der Waals surface area contributed by atoms with Gasteiger partial charge in [-0.2, -0.15) is 13.5 Å². The molecule has 0 spiro atoms. The van der Waals surface area contributed by atoms with E-state index < -0.39 is 10.1 Å². The van der Waals surface area contributed by atoms with Gasteiger partial charge in [-0.25, -0.2) is 9.07 Å². The highest BCUT2D eigenvalue weighted by atomic mass is 32.2. The molecule has 5 nitrogen and oxygen atoms in total. The Morgan fingerprint density at radius 3 is 2.57 bits per heavy atom. The van der Waals surface area contributed by atoms with Crippen LogP contribution in [0, 0.1) is 5.82 Å². The van der Waals surface area contributed by atoms with E-state index in [0.29, 0.717) is 5.69 Å². The van der Waals surface area contributed by atoms with Crippen molar-refractivity contribution >= 4 is 16.2 Å². The zero-order valence-electron chi connectivity index (χ0n) is 16.4. The van der Waals surface area contributed by atoms with Crippen LogP contribution < -0.4 is 0 Å². The van der Waals surface area contributed by atoms with Crippen molar-refractivity contribution in [3.05, 3.63) is 88.3 Å². The van der Waals surface area contributed by atoms with Crippen LogP contribution in [0.25, 0.3) is 11.8 Å². The number of hydrogen-bond donors (Lipinski definition) is 1. The standard InChI is InChI=1S/C23H23FN2O3S/c24-19-11-13-20(14-12-19)26-23-18(10-9-17-5-2-1-3-6-17)7-4-8-21(23)22(25-26)15-16-30(27,28)29/h1-3,5-6,11-16,18H,4,7-10H2,(H,27,28,29). The van der Waals surface area contributed by atoms with Crippen LogP contribution in [0.4, 0.5) is 4.39 Å². The molecule has 1 heterocycles. The number of rotatable bonds is 6. The lowest BCUT2D eigenvalue weighted by molar-refractivity contribution is 0.494. The first kappa shape index (κ1) is 20.5. The summed E-state index contributed by atoms with van der Waals surface area (Å²) in [4.78, 5) is 0. The maximum Gasteiger partial charge on any atom is 0.287 e. The van der Waals surface area contributed by atoms with Gasteiger partial charge in [-0.3, -0.25) is 4.55 Å². The number of benzene rings is 2. The molecule has 1 unspecified atom stereocenters. The third kappa shape index (κ3) is 4.68. The second-order valence-corrected chi connectivity index (χ2v) is 8.87. The quantitative estimate of drug-likeness (QED) is 0.568. The molecule has 0 saturated heterocycles. The second-order valence-electron chi connectivity index (χ2n) is 7.57. The Morgan fingerprint density at radius 1 is 1.13 bits per heavy atom. The number of fused-ring (bicyclic) bond motifs is 1. The smallest absolute Gasteiger partial charge is 0.282 e. The second kappa shape index (κ2) is 8.53. The van der Waals surface area contributed by atoms with Gasteiger partial charge in [-0.05, 0) is 68.0 Å². The van der Waals surface area contributed by atoms with Crippen LogP contribution in [0.2, 0.25) is 0 Å². The molecule has 30 heavy (non-hydrogen) atoms. The average Bonchev–Trinajstić information content (AvgIpc) is 3.11. The maximum absolute atomic E-state index is 13.4. The van der Waals surface area contributed by atoms with Gasteiger partial charge in [0.2, 0.25) is 0 Å². The topological polar surface area (TPSA) is 72.2 Å². The third-order valence-electron chi connectivity index (χ3n) is 5.51. The fourth-order valence-corrected chi connectivity index (χ4v) is 4.45. The Bertz CT molecular complexity index is 1150. The molecule has 1 atom stereocenters. The highest BCUT2D eigenvalue weighted by molar-refractivity contribution is 7.88. The molecule has 0 fully saturated rings. The molecule has 2 aromatic carbocycles. The van der Waals surface area contributed by atoms with Crippen LogP contribution in [0.15, 0.2) is 60.0 Å². The summed E-state index contributed by atoms with van der Waals surface area (Å²) >= 11 is 0. The van der Waals surface area contributed by atoms with E-state index in [4.69, 9.17) is 4.55 Å². The number of aromatic nitrogens is 2. The van der Waals surface area contributed by atoms with Crippen LogP contribution in [0.1, 0.15) is 47.7 Å². The minimum absolute atomic E-state index is 0.249. The lowest BCUT2D eigenvalue weighted by Crippen LogP contribution is -2.15. The third-order valence-corrected chi connectivity index (χ3v) is 5.99. The zero-order valence-corrected chi connectivity index (χ0v) is 17.2. The van der Waals surface area contributed by atoms with Crippen molar-refractivity contribution in [1.29, 1.82) is 0 Å². The molecule has 1 aromatic heterocycles. The van der Waals surface area contributed by atoms with E-state index in [-0.39, 0.29) is 11.7 Å². The lowest BCUT2D eigenvalue weighted by atomic mass is 9.83. The van der Waals surface area contributed by atoms with E-state index in [1.807, 2.05) is 18.2 Å². The molecule has 0 saturated carbocycles. The number of nitrogens with zero attached hydrogens (tertiary/aromatic N) is 2. The van der Waals surface area contributed by atoms with Crippen molar-refractivity contribution in [2.75, 3.05) is 0 Å². The molecule has 0 aliphatic heterocycles. The molecule has 1 aliphatic carbocycles. The van der Waals surface area contributed by atoms with E-state index >= 15 is 0 Å². The fourth-order valence-electron chi connectivity index (χ4n) is 4.15. The number of hydrogen-bond acceptors (Lipinski definition) is 3. The summed E-state index contributed by atoms with van der Waals surface area (Å²) < 4.78 is 46.8. The number of aryl methyl sites for hydroxylation is 1. The van der Waals surface area contributed by atoms with E-state index in [1.54, 1.807) is 16.8 Å². The van der Waals surface area contributed by atoms with Gasteiger partial charge in [0.15, 0.2) is 0 Å². The van der Waals surface area contributed by atoms with Crippen LogP contribution in [0.3, 0.4) is 0 Å². The zero-order chi connectivity index (χ0) is 21.1. The minimum atomic E-state index is -4.25. The first-order valence-corrected chi connectivity index (χ1v) is 11.5. The van der Waals surface area contributed by atoms with Gasteiger partial charge in [0.25, 0.3) is 10.1 Å². The SMILES string of the molecule is O=S(=O)(O)C=Cc1nn(-c2ccc(F)cc2)c2c1CCCC2CCc1ccccc1. The summed E-state index contributed by atoms with van der Waals surface area (Å²) in [6.07, 6.45) is 5.97. The molecule has 3 aromatic rings. The Balaban J connectivity index is 1.74. The molecule has 0 radical (unpaired) electrons. The van der Waals surface area contributed by atoms with Gasteiger partial charge in [-0.1, -0.05) is 30.3 Å². The predicted molar refractivity (Wildman–Crippen MR) is 115 cm³/mol. The largest absolute Gasteiger partial charge is 0.287 e. The minimum Gasteiger partial charge on any atom is -0.282 e. The van der Waals surface area contributed by atoms with E-state index in [0.717, 1.165) is 54.5 Å².